The highest BCUT2D eigenvalue weighted by Gasteiger charge is 2.55. The van der Waals surface area contributed by atoms with Crippen LogP contribution in [-0.2, 0) is 21.0 Å². The van der Waals surface area contributed by atoms with Gasteiger partial charge in [0.25, 0.3) is 11.4 Å². The predicted octanol–water partition coefficient (Wildman–Crippen LogP) is -2.56. The second-order valence-electron chi connectivity index (χ2n) is 4.93. The minimum atomic E-state index is -2.96. The van der Waals surface area contributed by atoms with Crippen molar-refractivity contribution in [2.75, 3.05) is 6.61 Å². The van der Waals surface area contributed by atoms with Crippen molar-refractivity contribution < 1.29 is 34.0 Å². The molecule has 0 unspecified atom stereocenters. The summed E-state index contributed by atoms with van der Waals surface area (Å²) in [4.78, 5) is 34.6. The predicted molar refractivity (Wildman–Crippen MR) is 69.8 cm³/mol. The highest BCUT2D eigenvalue weighted by Crippen LogP contribution is 2.37. The maximum atomic E-state index is 14.1. The molecule has 0 amide bonds. The molecule has 1 aromatic heterocycles. The molecule has 1 aromatic rings. The Morgan fingerprint density at radius 2 is 2.13 bits per heavy atom. The van der Waals surface area contributed by atoms with Crippen LogP contribution in [0.3, 0.4) is 0 Å². The van der Waals surface area contributed by atoms with E-state index in [2.05, 4.69) is 4.74 Å². The van der Waals surface area contributed by atoms with E-state index < -0.39 is 54.8 Å². The van der Waals surface area contributed by atoms with Crippen LogP contribution in [0.25, 0.3) is 0 Å². The van der Waals surface area contributed by atoms with Crippen molar-refractivity contribution >= 4 is 5.97 Å². The van der Waals surface area contributed by atoms with Gasteiger partial charge in [-0.1, -0.05) is 0 Å². The Kier molecular flexibility index (Phi) is 4.66. The van der Waals surface area contributed by atoms with Gasteiger partial charge in [-0.05, 0) is 0 Å². The number of aliphatic hydroxyl groups excluding tert-OH is 3. The van der Waals surface area contributed by atoms with E-state index in [-0.39, 0.29) is 0 Å². The van der Waals surface area contributed by atoms with Gasteiger partial charge in [0.15, 0.2) is 13.0 Å². The SMILES string of the molecule is CC(=O)OCn1c(=O)ccn([C@@H]2O[C@](F)(CO)[C@@H](O)[C@H]2O)c1=O. The number of nitrogens with zero attached hydrogens (tertiary/aromatic N) is 2. The van der Waals surface area contributed by atoms with Gasteiger partial charge in [-0.3, -0.25) is 14.2 Å². The first-order valence-electron chi connectivity index (χ1n) is 6.50. The van der Waals surface area contributed by atoms with Gasteiger partial charge < -0.3 is 24.8 Å². The van der Waals surface area contributed by atoms with Gasteiger partial charge in [0.05, 0.1) is 0 Å². The summed E-state index contributed by atoms with van der Waals surface area (Å²) in [6, 6.07) is 0.907. The number of alkyl halides is 1. The van der Waals surface area contributed by atoms with Crippen LogP contribution >= 0.6 is 0 Å². The monoisotopic (exact) mass is 334 g/mol. The Hall–Kier alpha value is -2.08. The van der Waals surface area contributed by atoms with Gasteiger partial charge in [-0.25, -0.2) is 13.8 Å². The van der Waals surface area contributed by atoms with Crippen molar-refractivity contribution in [3.8, 4) is 0 Å². The Morgan fingerprint density at radius 1 is 1.48 bits per heavy atom. The van der Waals surface area contributed by atoms with Gasteiger partial charge in [-0.2, -0.15) is 0 Å². The Bertz CT molecular complexity index is 716. The van der Waals surface area contributed by atoms with Crippen LogP contribution in [0.15, 0.2) is 21.9 Å². The molecule has 4 atom stereocenters. The van der Waals surface area contributed by atoms with E-state index >= 15 is 0 Å². The van der Waals surface area contributed by atoms with Crippen molar-refractivity contribution in [2.24, 2.45) is 0 Å². The van der Waals surface area contributed by atoms with Crippen molar-refractivity contribution in [3.63, 3.8) is 0 Å². The van der Waals surface area contributed by atoms with Gasteiger partial charge >= 0.3 is 11.7 Å². The maximum absolute atomic E-state index is 14.1. The number of esters is 1. The van der Waals surface area contributed by atoms with E-state index in [1.165, 1.54) is 0 Å². The molecule has 1 fully saturated rings. The highest BCUT2D eigenvalue weighted by molar-refractivity contribution is 5.65. The molecule has 0 aliphatic carbocycles. The topological polar surface area (TPSA) is 140 Å². The number of ether oxygens (including phenoxy) is 2. The molecule has 0 bridgehead atoms. The fourth-order valence-electron chi connectivity index (χ4n) is 2.10. The van der Waals surface area contributed by atoms with Crippen LogP contribution in [0.5, 0.6) is 0 Å². The van der Waals surface area contributed by atoms with Crippen molar-refractivity contribution in [1.29, 1.82) is 0 Å². The number of aromatic nitrogens is 2. The summed E-state index contributed by atoms with van der Waals surface area (Å²) in [5.41, 5.74) is -1.86. The second-order valence-corrected chi connectivity index (χ2v) is 4.93. The standard InChI is InChI=1S/C12H15FN2O8/c1-6(17)22-5-15-7(18)2-3-14(11(15)21)10-8(19)9(20)12(13,4-16)23-10/h2-3,8-10,16,19-20H,4-5H2,1H3/t8-,9+,10-,12-/m1/s1. The first kappa shape index (κ1) is 17.3. The lowest BCUT2D eigenvalue weighted by Crippen LogP contribution is -2.44. The lowest BCUT2D eigenvalue weighted by Gasteiger charge is -2.20. The van der Waals surface area contributed by atoms with Crippen LogP contribution in [-0.4, -0.2) is 55.1 Å². The Morgan fingerprint density at radius 3 is 2.65 bits per heavy atom. The zero-order valence-corrected chi connectivity index (χ0v) is 12.0. The van der Waals surface area contributed by atoms with Gasteiger partial charge in [0.2, 0.25) is 0 Å². The fraction of sp³-hybridized carbons (Fsp3) is 0.583. The molecular formula is C12H15FN2O8. The Labute approximate surface area is 127 Å². The summed E-state index contributed by atoms with van der Waals surface area (Å²) < 4.78 is 24.5. The molecule has 1 aliphatic heterocycles. The first-order valence-corrected chi connectivity index (χ1v) is 6.50. The molecule has 128 valence electrons. The maximum Gasteiger partial charge on any atom is 0.335 e. The first-order chi connectivity index (χ1) is 10.7. The third-order valence-electron chi connectivity index (χ3n) is 3.36. The zero-order chi connectivity index (χ0) is 17.4. The van der Waals surface area contributed by atoms with E-state index in [1.54, 1.807) is 0 Å². The molecule has 1 aliphatic rings. The lowest BCUT2D eigenvalue weighted by atomic mass is 10.1. The van der Waals surface area contributed by atoms with Crippen molar-refractivity contribution in [3.05, 3.63) is 33.1 Å². The van der Waals surface area contributed by atoms with Gasteiger partial charge in [0.1, 0.15) is 18.8 Å². The van der Waals surface area contributed by atoms with Crippen LogP contribution in [0.1, 0.15) is 13.2 Å². The lowest BCUT2D eigenvalue weighted by molar-refractivity contribution is -0.207. The number of carbonyl (C=O) groups excluding carboxylic acids is 1. The van der Waals surface area contributed by atoms with Gasteiger partial charge in [0, 0.05) is 19.2 Å². The second kappa shape index (κ2) is 6.20. The van der Waals surface area contributed by atoms with Crippen LogP contribution in [0, 0.1) is 0 Å². The highest BCUT2D eigenvalue weighted by atomic mass is 19.2. The van der Waals surface area contributed by atoms with Crippen LogP contribution in [0.4, 0.5) is 4.39 Å². The van der Waals surface area contributed by atoms with E-state index in [9.17, 15) is 29.0 Å². The number of carbonyl (C=O) groups is 1. The molecule has 0 radical (unpaired) electrons. The molecular weight excluding hydrogens is 319 g/mol. The molecule has 2 rings (SSSR count). The molecule has 1 saturated heterocycles. The average Bonchev–Trinajstić information content (AvgIpc) is 2.72. The molecule has 10 nitrogen and oxygen atoms in total. The molecule has 2 heterocycles. The largest absolute Gasteiger partial charge is 0.444 e. The third kappa shape index (κ3) is 3.03. The minimum Gasteiger partial charge on any atom is -0.444 e. The molecule has 0 spiro atoms. The average molecular weight is 334 g/mol. The molecule has 3 N–H and O–H groups in total. The van der Waals surface area contributed by atoms with Gasteiger partial charge in [-0.15, -0.1) is 0 Å². The molecule has 0 saturated carbocycles. The summed E-state index contributed by atoms with van der Waals surface area (Å²) >= 11 is 0. The van der Waals surface area contributed by atoms with E-state index in [0.717, 1.165) is 19.2 Å². The molecule has 11 heteroatoms. The van der Waals surface area contributed by atoms with Crippen LogP contribution < -0.4 is 11.2 Å². The Balaban J connectivity index is 2.41. The summed E-state index contributed by atoms with van der Waals surface area (Å²) in [5.74, 6) is -3.69. The van der Waals surface area contributed by atoms with Crippen LogP contribution in [0.2, 0.25) is 0 Å². The normalized spacial score (nSPS) is 30.4. The fourth-order valence-corrected chi connectivity index (χ4v) is 2.10. The van der Waals surface area contributed by atoms with Crippen molar-refractivity contribution in [2.45, 2.75) is 37.9 Å². The number of aliphatic hydroxyl groups is 3. The number of rotatable bonds is 4. The summed E-state index contributed by atoms with van der Waals surface area (Å²) in [5, 5.41) is 28.3. The van der Waals surface area contributed by atoms with E-state index in [4.69, 9.17) is 9.84 Å². The molecule has 0 aromatic carbocycles. The smallest absolute Gasteiger partial charge is 0.335 e. The van der Waals surface area contributed by atoms with E-state index in [0.29, 0.717) is 9.13 Å². The summed E-state index contributed by atoms with van der Waals surface area (Å²) in [6.07, 6.45) is -4.72. The molecule has 23 heavy (non-hydrogen) atoms. The quantitative estimate of drug-likeness (QED) is 0.511. The third-order valence-corrected chi connectivity index (χ3v) is 3.36. The zero-order valence-electron chi connectivity index (χ0n) is 12.0. The van der Waals surface area contributed by atoms with E-state index in [1.807, 2.05) is 0 Å². The number of hydrogen-bond donors (Lipinski definition) is 3. The summed E-state index contributed by atoms with van der Waals surface area (Å²) in [7, 11) is 0. The summed E-state index contributed by atoms with van der Waals surface area (Å²) in [6.45, 7) is -0.852. The number of hydrogen-bond acceptors (Lipinski definition) is 8. The number of halogens is 1. The minimum absolute atomic E-state index is 0.515. The van der Waals surface area contributed by atoms with Crippen molar-refractivity contribution in [1.82, 2.24) is 9.13 Å².